The highest BCUT2D eigenvalue weighted by Gasteiger charge is 2.42. The minimum Gasteiger partial charge on any atom is -0.478 e. The second-order valence-corrected chi connectivity index (χ2v) is 9.34. The maximum absolute atomic E-state index is 11.5. The Morgan fingerprint density at radius 1 is 1.09 bits per heavy atom. The standard InChI is InChI=1S/C27H22ClN3O3S/c1-15-11-16(2)13-18(12-15)31-25(24(30-27(31)35)21-5-3-4-10-29-21)23-9-8-22(34-23)19-14-17(26(32)33)6-7-20(19)28/h3-14,24-25H,1-2H3,(H,30,35)(H,32,33)/t24-,25-/m0/s1. The molecule has 1 aliphatic rings. The van der Waals surface area contributed by atoms with E-state index in [2.05, 4.69) is 42.3 Å². The van der Waals surface area contributed by atoms with Crippen LogP contribution in [0.3, 0.4) is 0 Å². The molecule has 0 aliphatic carbocycles. The fourth-order valence-electron chi connectivity index (χ4n) is 4.52. The van der Waals surface area contributed by atoms with Crippen molar-refractivity contribution >= 4 is 40.6 Å². The van der Waals surface area contributed by atoms with Gasteiger partial charge >= 0.3 is 5.97 Å². The summed E-state index contributed by atoms with van der Waals surface area (Å²) in [5, 5.41) is 13.8. The molecule has 5 rings (SSSR count). The Morgan fingerprint density at radius 2 is 1.86 bits per heavy atom. The van der Waals surface area contributed by atoms with Gasteiger partial charge in [0.15, 0.2) is 5.11 Å². The van der Waals surface area contributed by atoms with Gasteiger partial charge in [-0.05, 0) is 91.8 Å². The van der Waals surface area contributed by atoms with Crippen LogP contribution in [-0.4, -0.2) is 21.2 Å². The minimum atomic E-state index is -1.03. The number of thiocarbonyl (C=S) groups is 1. The normalized spacial score (nSPS) is 17.5. The molecule has 1 saturated heterocycles. The molecule has 2 aromatic heterocycles. The molecule has 35 heavy (non-hydrogen) atoms. The third-order valence-corrected chi connectivity index (χ3v) is 6.62. The number of carboxylic acid groups (broad SMARTS) is 1. The van der Waals surface area contributed by atoms with Crippen LogP contribution in [0, 0.1) is 13.8 Å². The fourth-order valence-corrected chi connectivity index (χ4v) is 5.07. The Kier molecular flexibility index (Phi) is 6.05. The zero-order valence-corrected chi connectivity index (χ0v) is 20.6. The smallest absolute Gasteiger partial charge is 0.335 e. The Hall–Kier alpha value is -3.68. The zero-order chi connectivity index (χ0) is 24.7. The third-order valence-electron chi connectivity index (χ3n) is 5.98. The van der Waals surface area contributed by atoms with Crippen LogP contribution in [0.25, 0.3) is 11.3 Å². The molecule has 4 aromatic rings. The van der Waals surface area contributed by atoms with Gasteiger partial charge in [0, 0.05) is 17.4 Å². The summed E-state index contributed by atoms with van der Waals surface area (Å²) in [4.78, 5) is 18.1. The van der Waals surface area contributed by atoms with Gasteiger partial charge in [0.25, 0.3) is 0 Å². The van der Waals surface area contributed by atoms with Crippen molar-refractivity contribution in [2.75, 3.05) is 4.90 Å². The second kappa shape index (κ2) is 9.17. The first-order chi connectivity index (χ1) is 16.8. The lowest BCUT2D eigenvalue weighted by Gasteiger charge is -2.26. The Morgan fingerprint density at radius 3 is 2.54 bits per heavy atom. The van der Waals surface area contributed by atoms with Crippen LogP contribution in [0.1, 0.15) is 45.0 Å². The lowest BCUT2D eigenvalue weighted by atomic mass is 10.0. The molecule has 0 spiro atoms. The maximum Gasteiger partial charge on any atom is 0.335 e. The fraction of sp³-hybridized carbons (Fsp3) is 0.148. The first-order valence-electron chi connectivity index (χ1n) is 11.0. The van der Waals surface area contributed by atoms with Crippen LogP contribution in [0.15, 0.2) is 77.3 Å². The number of furan rings is 1. The van der Waals surface area contributed by atoms with Crippen LogP contribution in [0.5, 0.6) is 0 Å². The SMILES string of the molecule is Cc1cc(C)cc(N2C(=S)N[C@@H](c3ccccn3)[C@@H]2c2ccc(-c3cc(C(=O)O)ccc3Cl)o2)c1. The van der Waals surface area contributed by atoms with Gasteiger partial charge in [0.2, 0.25) is 0 Å². The third kappa shape index (κ3) is 4.40. The lowest BCUT2D eigenvalue weighted by molar-refractivity contribution is 0.0697. The van der Waals surface area contributed by atoms with E-state index < -0.39 is 5.97 Å². The molecule has 2 atom stereocenters. The predicted molar refractivity (Wildman–Crippen MR) is 140 cm³/mol. The number of hydrogen-bond donors (Lipinski definition) is 2. The molecule has 2 aromatic carbocycles. The lowest BCUT2D eigenvalue weighted by Crippen LogP contribution is -2.29. The van der Waals surface area contributed by atoms with Crippen molar-refractivity contribution in [3.63, 3.8) is 0 Å². The zero-order valence-electron chi connectivity index (χ0n) is 19.0. The van der Waals surface area contributed by atoms with Crippen molar-refractivity contribution in [1.29, 1.82) is 0 Å². The summed E-state index contributed by atoms with van der Waals surface area (Å²) in [5.74, 6) is 0.0984. The van der Waals surface area contributed by atoms with E-state index in [1.807, 2.05) is 29.2 Å². The average Bonchev–Trinajstić information content (AvgIpc) is 3.43. The summed E-state index contributed by atoms with van der Waals surface area (Å²) in [5.41, 5.74) is 4.68. The summed E-state index contributed by atoms with van der Waals surface area (Å²) in [6.45, 7) is 4.10. The highest BCUT2D eigenvalue weighted by atomic mass is 35.5. The van der Waals surface area contributed by atoms with E-state index in [0.29, 0.717) is 27.2 Å². The Balaban J connectivity index is 1.63. The number of aromatic nitrogens is 1. The predicted octanol–water partition coefficient (Wildman–Crippen LogP) is 6.49. The van der Waals surface area contributed by atoms with Crippen LogP contribution < -0.4 is 10.2 Å². The molecule has 2 N–H and O–H groups in total. The van der Waals surface area contributed by atoms with Crippen molar-refractivity contribution in [1.82, 2.24) is 10.3 Å². The molecule has 6 nitrogen and oxygen atoms in total. The van der Waals surface area contributed by atoms with Crippen molar-refractivity contribution in [2.24, 2.45) is 0 Å². The summed E-state index contributed by atoms with van der Waals surface area (Å²) < 4.78 is 6.34. The maximum atomic E-state index is 11.5. The van der Waals surface area contributed by atoms with Gasteiger partial charge in [0.1, 0.15) is 17.6 Å². The number of aryl methyl sites for hydroxylation is 2. The van der Waals surface area contributed by atoms with Crippen LogP contribution in [0.2, 0.25) is 5.02 Å². The number of carbonyl (C=O) groups is 1. The monoisotopic (exact) mass is 503 g/mol. The Bertz CT molecular complexity index is 1420. The van der Waals surface area contributed by atoms with E-state index in [4.69, 9.17) is 28.2 Å². The molecule has 176 valence electrons. The van der Waals surface area contributed by atoms with Gasteiger partial charge in [-0.2, -0.15) is 0 Å². The first kappa shape index (κ1) is 23.1. The van der Waals surface area contributed by atoms with Crippen molar-refractivity contribution in [3.8, 4) is 11.3 Å². The van der Waals surface area contributed by atoms with Crippen molar-refractivity contribution in [3.05, 3.63) is 106 Å². The number of pyridine rings is 1. The van der Waals surface area contributed by atoms with Crippen molar-refractivity contribution in [2.45, 2.75) is 25.9 Å². The molecule has 8 heteroatoms. The number of anilines is 1. The van der Waals surface area contributed by atoms with Gasteiger partial charge in [-0.15, -0.1) is 0 Å². The number of halogens is 1. The summed E-state index contributed by atoms with van der Waals surface area (Å²) in [7, 11) is 0. The highest BCUT2D eigenvalue weighted by molar-refractivity contribution is 7.80. The number of hydrogen-bond acceptors (Lipinski definition) is 4. The number of nitrogens with one attached hydrogen (secondary N) is 1. The second-order valence-electron chi connectivity index (χ2n) is 8.54. The number of carboxylic acids is 1. The van der Waals surface area contributed by atoms with Crippen molar-refractivity contribution < 1.29 is 14.3 Å². The molecule has 0 saturated carbocycles. The molecule has 0 radical (unpaired) electrons. The minimum absolute atomic E-state index is 0.134. The molecule has 1 fully saturated rings. The van der Waals surface area contributed by atoms with E-state index in [1.165, 1.54) is 12.1 Å². The molecule has 0 bridgehead atoms. The van der Waals surface area contributed by atoms with E-state index >= 15 is 0 Å². The summed E-state index contributed by atoms with van der Waals surface area (Å²) in [6, 6.07) is 19.7. The first-order valence-corrected chi connectivity index (χ1v) is 11.8. The topological polar surface area (TPSA) is 78.6 Å². The van der Waals surface area contributed by atoms with Crippen LogP contribution in [0.4, 0.5) is 5.69 Å². The van der Waals surface area contributed by atoms with Crippen LogP contribution >= 0.6 is 23.8 Å². The van der Waals surface area contributed by atoms with E-state index in [-0.39, 0.29) is 17.6 Å². The molecular formula is C27H22ClN3O3S. The molecule has 1 aliphatic heterocycles. The summed E-state index contributed by atoms with van der Waals surface area (Å²) in [6.07, 6.45) is 1.75. The summed E-state index contributed by atoms with van der Waals surface area (Å²) >= 11 is 12.2. The Labute approximate surface area is 213 Å². The van der Waals surface area contributed by atoms with Gasteiger partial charge < -0.3 is 19.7 Å². The van der Waals surface area contributed by atoms with E-state index in [1.54, 1.807) is 18.3 Å². The number of nitrogens with zero attached hydrogens (tertiary/aromatic N) is 2. The quantitative estimate of drug-likeness (QED) is 0.301. The van der Waals surface area contributed by atoms with Gasteiger partial charge in [0.05, 0.1) is 22.3 Å². The van der Waals surface area contributed by atoms with Gasteiger partial charge in [-0.25, -0.2) is 4.79 Å². The molecular weight excluding hydrogens is 482 g/mol. The molecule has 0 amide bonds. The van der Waals surface area contributed by atoms with Crippen LogP contribution in [-0.2, 0) is 0 Å². The van der Waals surface area contributed by atoms with Gasteiger partial charge in [-0.3, -0.25) is 4.98 Å². The molecule has 3 heterocycles. The van der Waals surface area contributed by atoms with Gasteiger partial charge in [-0.1, -0.05) is 23.7 Å². The van der Waals surface area contributed by atoms with E-state index in [9.17, 15) is 9.90 Å². The number of rotatable bonds is 5. The largest absolute Gasteiger partial charge is 0.478 e. The highest BCUT2D eigenvalue weighted by Crippen LogP contribution is 2.43. The molecule has 0 unspecified atom stereocenters. The average molecular weight is 504 g/mol. The van der Waals surface area contributed by atoms with E-state index in [0.717, 1.165) is 22.5 Å². The number of benzene rings is 2. The number of aromatic carboxylic acids is 1.